The Morgan fingerprint density at radius 2 is 1.97 bits per heavy atom. The van der Waals surface area contributed by atoms with Crippen LogP contribution in [0.5, 0.6) is 0 Å². The monoisotopic (exact) mass is 509 g/mol. The zero-order valence-electron chi connectivity index (χ0n) is 16.7. The van der Waals surface area contributed by atoms with E-state index in [-0.39, 0.29) is 5.56 Å². The molecule has 2 heterocycles. The fourth-order valence-electron chi connectivity index (χ4n) is 3.86. The number of benzene rings is 2. The van der Waals surface area contributed by atoms with Crippen molar-refractivity contribution >= 4 is 50.8 Å². The van der Waals surface area contributed by atoms with Crippen molar-refractivity contribution in [2.45, 2.75) is 5.72 Å². The number of ether oxygens (including phenoxy) is 1. The van der Waals surface area contributed by atoms with E-state index in [0.717, 1.165) is 18.0 Å². The Morgan fingerprint density at radius 3 is 2.68 bits per heavy atom. The van der Waals surface area contributed by atoms with Crippen LogP contribution in [-0.2, 0) is 15.3 Å². The first-order valence-electron chi connectivity index (χ1n) is 9.98. The number of carbonyl (C=O) groups is 2. The van der Waals surface area contributed by atoms with Crippen LogP contribution in [0.15, 0.2) is 46.9 Å². The fraction of sp³-hybridized carbons (Fsp3) is 0.333. The highest BCUT2D eigenvalue weighted by Crippen LogP contribution is 2.41. The molecule has 1 unspecified atom stereocenters. The number of fused-ring (bicyclic) bond motifs is 1. The number of aliphatic hydroxyl groups is 1. The largest absolute Gasteiger partial charge is 0.370 e. The summed E-state index contributed by atoms with van der Waals surface area (Å²) in [7, 11) is 0. The summed E-state index contributed by atoms with van der Waals surface area (Å²) in [4.78, 5) is 28.7. The highest BCUT2D eigenvalue weighted by molar-refractivity contribution is 9.10. The number of morpholine rings is 1. The van der Waals surface area contributed by atoms with Crippen molar-refractivity contribution < 1.29 is 24.3 Å². The van der Waals surface area contributed by atoms with Crippen molar-refractivity contribution in [1.82, 2.24) is 5.32 Å². The average Bonchev–Trinajstić information content (AvgIpc) is 2.76. The minimum Gasteiger partial charge on any atom is -0.370 e. The van der Waals surface area contributed by atoms with Gasteiger partial charge in [0.15, 0.2) is 0 Å². The second-order valence-electron chi connectivity index (χ2n) is 7.47. The molecule has 2 aromatic rings. The van der Waals surface area contributed by atoms with Gasteiger partial charge in [0.2, 0.25) is 0 Å². The molecule has 3 amide bonds. The SMILES string of the molecule is O=C1Nc2ccc(Br)cc2C(O)(C(=O)NCC[NH+]2CCOCC2)N1c1ccc(Cl)cc1. The number of nitrogens with one attached hydrogen (secondary N) is 3. The first kappa shape index (κ1) is 22.0. The van der Waals surface area contributed by atoms with E-state index in [1.54, 1.807) is 42.5 Å². The Kier molecular flexibility index (Phi) is 6.49. The summed E-state index contributed by atoms with van der Waals surface area (Å²) in [5.74, 6) is -0.677. The number of amides is 3. The zero-order chi connectivity index (χ0) is 22.0. The van der Waals surface area contributed by atoms with Gasteiger partial charge in [0.25, 0.3) is 11.6 Å². The highest BCUT2D eigenvalue weighted by Gasteiger charge is 2.52. The summed E-state index contributed by atoms with van der Waals surface area (Å²) >= 11 is 9.38. The first-order valence-corrected chi connectivity index (χ1v) is 11.2. The number of hydrogen-bond donors (Lipinski definition) is 4. The van der Waals surface area contributed by atoms with Gasteiger partial charge in [-0.15, -0.1) is 0 Å². The summed E-state index contributed by atoms with van der Waals surface area (Å²) in [6.45, 7) is 4.18. The summed E-state index contributed by atoms with van der Waals surface area (Å²) in [5, 5.41) is 17.8. The van der Waals surface area contributed by atoms with E-state index in [1.165, 1.54) is 4.90 Å². The molecule has 1 fully saturated rings. The molecule has 0 aliphatic carbocycles. The van der Waals surface area contributed by atoms with Crippen LogP contribution in [0, 0.1) is 0 Å². The molecule has 1 atom stereocenters. The molecule has 4 rings (SSSR count). The molecular formula is C21H23BrClN4O4+. The quantitative estimate of drug-likeness (QED) is 0.488. The number of urea groups is 1. The maximum Gasteiger partial charge on any atom is 0.329 e. The van der Waals surface area contributed by atoms with Crippen LogP contribution >= 0.6 is 27.5 Å². The minimum atomic E-state index is -2.24. The van der Waals surface area contributed by atoms with Crippen molar-refractivity contribution in [3.63, 3.8) is 0 Å². The third kappa shape index (κ3) is 4.42. The van der Waals surface area contributed by atoms with Gasteiger partial charge < -0.3 is 25.4 Å². The van der Waals surface area contributed by atoms with E-state index < -0.39 is 17.7 Å². The van der Waals surface area contributed by atoms with Gasteiger partial charge in [0.05, 0.1) is 32.0 Å². The third-order valence-electron chi connectivity index (χ3n) is 5.49. The standard InChI is InChI=1S/C21H22BrClN4O4/c22-14-1-6-18-17(13-14)21(30,19(28)24-7-8-26-9-11-31-12-10-26)27(20(29)25-18)16-4-2-15(23)3-5-16/h1-6,13,30H,7-12H2,(H,24,28)(H,25,29)/p+1. The predicted octanol–water partition coefficient (Wildman–Crippen LogP) is 1.33. The van der Waals surface area contributed by atoms with Gasteiger partial charge in [0, 0.05) is 20.7 Å². The molecule has 164 valence electrons. The van der Waals surface area contributed by atoms with E-state index >= 15 is 0 Å². The lowest BCUT2D eigenvalue weighted by Gasteiger charge is -2.42. The van der Waals surface area contributed by atoms with Crippen LogP contribution < -0.4 is 20.4 Å². The lowest BCUT2D eigenvalue weighted by atomic mass is 9.95. The van der Waals surface area contributed by atoms with Crippen LogP contribution in [0.2, 0.25) is 5.02 Å². The van der Waals surface area contributed by atoms with Crippen molar-refractivity contribution in [3.8, 4) is 0 Å². The number of halogens is 2. The third-order valence-corrected chi connectivity index (χ3v) is 6.24. The number of carbonyl (C=O) groups excluding carboxylic acids is 2. The van der Waals surface area contributed by atoms with Crippen molar-refractivity contribution in [3.05, 3.63) is 57.5 Å². The van der Waals surface area contributed by atoms with E-state index in [1.807, 2.05) is 0 Å². The Hall–Kier alpha value is -2.17. The number of nitrogens with zero attached hydrogens (tertiary/aromatic N) is 1. The Balaban J connectivity index is 1.66. The lowest BCUT2D eigenvalue weighted by Crippen LogP contribution is -3.14. The maximum absolute atomic E-state index is 13.4. The molecule has 2 aromatic carbocycles. The molecule has 0 spiro atoms. The molecule has 0 saturated carbocycles. The van der Waals surface area contributed by atoms with Crippen molar-refractivity contribution in [2.75, 3.05) is 49.6 Å². The molecule has 10 heteroatoms. The summed E-state index contributed by atoms with van der Waals surface area (Å²) in [6.07, 6.45) is 0. The second kappa shape index (κ2) is 9.13. The van der Waals surface area contributed by atoms with E-state index in [9.17, 15) is 14.7 Å². The Labute approximate surface area is 193 Å². The second-order valence-corrected chi connectivity index (χ2v) is 8.82. The van der Waals surface area contributed by atoms with E-state index in [0.29, 0.717) is 47.2 Å². The molecule has 0 radical (unpaired) electrons. The van der Waals surface area contributed by atoms with Crippen molar-refractivity contribution in [2.24, 2.45) is 0 Å². The van der Waals surface area contributed by atoms with Gasteiger partial charge in [-0.25, -0.2) is 4.79 Å². The van der Waals surface area contributed by atoms with Gasteiger partial charge in [-0.3, -0.25) is 9.69 Å². The predicted molar refractivity (Wildman–Crippen MR) is 120 cm³/mol. The number of hydrogen-bond acceptors (Lipinski definition) is 4. The summed E-state index contributed by atoms with van der Waals surface area (Å²) in [6, 6.07) is 10.8. The zero-order valence-corrected chi connectivity index (χ0v) is 19.0. The average molecular weight is 511 g/mol. The van der Waals surface area contributed by atoms with E-state index in [4.69, 9.17) is 16.3 Å². The van der Waals surface area contributed by atoms with Crippen LogP contribution in [0.3, 0.4) is 0 Å². The number of quaternary nitrogens is 1. The van der Waals surface area contributed by atoms with Crippen LogP contribution in [-0.4, -0.2) is 56.4 Å². The molecule has 2 aliphatic heterocycles. The van der Waals surface area contributed by atoms with Gasteiger partial charge >= 0.3 is 6.03 Å². The lowest BCUT2D eigenvalue weighted by molar-refractivity contribution is -0.906. The van der Waals surface area contributed by atoms with E-state index in [2.05, 4.69) is 26.6 Å². The topological polar surface area (TPSA) is 95.3 Å². The fourth-order valence-corrected chi connectivity index (χ4v) is 4.34. The van der Waals surface area contributed by atoms with Crippen LogP contribution in [0.1, 0.15) is 5.56 Å². The molecule has 8 nitrogen and oxygen atoms in total. The van der Waals surface area contributed by atoms with Gasteiger partial charge in [-0.1, -0.05) is 27.5 Å². The normalized spacial score (nSPS) is 21.4. The highest BCUT2D eigenvalue weighted by atomic mass is 79.9. The van der Waals surface area contributed by atoms with Crippen LogP contribution in [0.4, 0.5) is 16.2 Å². The maximum atomic E-state index is 13.4. The van der Waals surface area contributed by atoms with Crippen LogP contribution in [0.25, 0.3) is 0 Å². The van der Waals surface area contributed by atoms with Gasteiger partial charge in [-0.05, 0) is 42.5 Å². The molecule has 0 aromatic heterocycles. The molecule has 31 heavy (non-hydrogen) atoms. The molecule has 4 N–H and O–H groups in total. The first-order chi connectivity index (χ1) is 14.9. The molecular weight excluding hydrogens is 488 g/mol. The smallest absolute Gasteiger partial charge is 0.329 e. The minimum absolute atomic E-state index is 0.271. The molecule has 1 saturated heterocycles. The Morgan fingerprint density at radius 1 is 1.26 bits per heavy atom. The van der Waals surface area contributed by atoms with Gasteiger partial charge in [-0.2, -0.15) is 0 Å². The molecule has 0 bridgehead atoms. The summed E-state index contributed by atoms with van der Waals surface area (Å²) < 4.78 is 6.03. The van der Waals surface area contributed by atoms with Crippen molar-refractivity contribution in [1.29, 1.82) is 0 Å². The Bertz CT molecular complexity index is 984. The number of rotatable bonds is 5. The molecule has 2 aliphatic rings. The van der Waals surface area contributed by atoms with Gasteiger partial charge in [0.1, 0.15) is 13.1 Å². The number of anilines is 2. The summed E-state index contributed by atoms with van der Waals surface area (Å²) in [5.41, 5.74) is -1.26.